The molecule has 1 fully saturated rings. The molecule has 0 unspecified atom stereocenters. The molecule has 1 saturated heterocycles. The number of oxazole rings is 1. The first kappa shape index (κ1) is 33.7. The van der Waals surface area contributed by atoms with Gasteiger partial charge in [-0.2, -0.15) is 13.2 Å². The lowest BCUT2D eigenvalue weighted by molar-refractivity contribution is -0.137. The summed E-state index contributed by atoms with van der Waals surface area (Å²) in [6, 6.07) is 17.7. The van der Waals surface area contributed by atoms with Gasteiger partial charge in [0.25, 0.3) is 11.8 Å². The molecule has 9 nitrogen and oxygen atoms in total. The van der Waals surface area contributed by atoms with Crippen LogP contribution in [0.25, 0.3) is 0 Å². The number of ether oxygens (including phenoxy) is 1. The van der Waals surface area contributed by atoms with Crippen LogP contribution in [0, 0.1) is 6.92 Å². The van der Waals surface area contributed by atoms with E-state index in [0.717, 1.165) is 29.8 Å². The number of nitrogens with one attached hydrogen (secondary N) is 2. The Morgan fingerprint density at radius 1 is 1.06 bits per heavy atom. The maximum atomic E-state index is 13.7. The molecule has 0 bridgehead atoms. The number of hydrogen-bond donors (Lipinski definition) is 3. The van der Waals surface area contributed by atoms with E-state index >= 15 is 0 Å². The molecule has 1 aromatic heterocycles. The van der Waals surface area contributed by atoms with Crippen molar-refractivity contribution in [2.24, 2.45) is 0 Å². The van der Waals surface area contributed by atoms with E-state index in [4.69, 9.17) is 9.15 Å². The number of benzene rings is 3. The van der Waals surface area contributed by atoms with Crippen LogP contribution >= 0.6 is 0 Å². The highest BCUT2D eigenvalue weighted by Gasteiger charge is 2.34. The molecule has 47 heavy (non-hydrogen) atoms. The van der Waals surface area contributed by atoms with Crippen LogP contribution in [0.2, 0.25) is 0 Å². The van der Waals surface area contributed by atoms with E-state index in [9.17, 15) is 27.9 Å². The number of aromatic nitrogens is 1. The number of likely N-dealkylation sites (tertiary alicyclic amines) is 1. The van der Waals surface area contributed by atoms with Crippen molar-refractivity contribution in [1.82, 2.24) is 20.5 Å². The molecule has 0 radical (unpaired) electrons. The van der Waals surface area contributed by atoms with Crippen LogP contribution in [0.15, 0.2) is 83.5 Å². The number of halogens is 3. The van der Waals surface area contributed by atoms with Crippen LogP contribution in [0.4, 0.5) is 13.2 Å². The van der Waals surface area contributed by atoms with Crippen molar-refractivity contribution in [3.05, 3.63) is 118 Å². The Morgan fingerprint density at radius 3 is 2.51 bits per heavy atom. The molecule has 3 N–H and O–H groups in total. The highest BCUT2D eigenvalue weighted by atomic mass is 19.4. The summed E-state index contributed by atoms with van der Waals surface area (Å²) < 4.78 is 50.4. The van der Waals surface area contributed by atoms with Gasteiger partial charge in [0.2, 0.25) is 5.89 Å². The summed E-state index contributed by atoms with van der Waals surface area (Å²) in [7, 11) is 1.44. The van der Waals surface area contributed by atoms with Gasteiger partial charge in [0.05, 0.1) is 30.5 Å². The van der Waals surface area contributed by atoms with E-state index in [1.165, 1.54) is 25.3 Å². The van der Waals surface area contributed by atoms with Crippen molar-refractivity contribution in [1.29, 1.82) is 0 Å². The second kappa shape index (κ2) is 14.8. The quantitative estimate of drug-likeness (QED) is 0.186. The van der Waals surface area contributed by atoms with Crippen molar-refractivity contribution >= 4 is 11.8 Å². The first-order chi connectivity index (χ1) is 22.5. The second-order valence-electron chi connectivity index (χ2n) is 11.6. The minimum Gasteiger partial charge on any atom is -0.497 e. The molecule has 0 saturated carbocycles. The van der Waals surface area contributed by atoms with Gasteiger partial charge in [0, 0.05) is 30.8 Å². The first-order valence-corrected chi connectivity index (χ1v) is 15.3. The summed E-state index contributed by atoms with van der Waals surface area (Å²) in [6.07, 6.45) is -2.27. The molecule has 5 rings (SSSR count). The molecule has 248 valence electrons. The number of aryl methyl sites for hydroxylation is 1. The highest BCUT2D eigenvalue weighted by molar-refractivity contribution is 6.00. The molecule has 2 heterocycles. The number of aliphatic hydroxyl groups is 1. The number of hydrogen-bond acceptors (Lipinski definition) is 7. The van der Waals surface area contributed by atoms with Gasteiger partial charge in [0.15, 0.2) is 0 Å². The number of methoxy groups -OCH3 is 1. The Balaban J connectivity index is 1.31. The van der Waals surface area contributed by atoms with Gasteiger partial charge in [-0.3, -0.25) is 9.59 Å². The van der Waals surface area contributed by atoms with Crippen molar-refractivity contribution in [3.8, 4) is 5.75 Å². The molecule has 0 aliphatic carbocycles. The zero-order chi connectivity index (χ0) is 33.6. The molecule has 3 aromatic carbocycles. The number of amides is 2. The fraction of sp³-hybridized carbons (Fsp3) is 0.343. The summed E-state index contributed by atoms with van der Waals surface area (Å²) in [4.78, 5) is 33.5. The number of rotatable bonds is 12. The minimum absolute atomic E-state index is 0.00743. The van der Waals surface area contributed by atoms with Crippen LogP contribution in [-0.2, 0) is 19.1 Å². The van der Waals surface area contributed by atoms with Crippen molar-refractivity contribution in [3.63, 3.8) is 0 Å². The van der Waals surface area contributed by atoms with Crippen molar-refractivity contribution in [2.75, 3.05) is 20.2 Å². The number of carbonyl (C=O) groups is 2. The van der Waals surface area contributed by atoms with E-state index in [2.05, 4.69) is 15.6 Å². The van der Waals surface area contributed by atoms with Crippen LogP contribution in [0.1, 0.15) is 67.9 Å². The summed E-state index contributed by atoms with van der Waals surface area (Å²) in [6.45, 7) is 2.39. The molecule has 12 heteroatoms. The molecular weight excluding hydrogens is 613 g/mol. The summed E-state index contributed by atoms with van der Waals surface area (Å²) >= 11 is 0. The number of carbonyl (C=O) groups excluding carboxylic acids is 2. The number of alkyl halides is 3. The normalized spacial score (nSPS) is 16.1. The average molecular weight is 651 g/mol. The van der Waals surface area contributed by atoms with Gasteiger partial charge in [-0.15, -0.1) is 0 Å². The number of nitrogens with zero attached hydrogens (tertiary/aromatic N) is 2. The van der Waals surface area contributed by atoms with Crippen molar-refractivity contribution in [2.45, 2.75) is 57.1 Å². The van der Waals surface area contributed by atoms with Gasteiger partial charge in [-0.05, 0) is 61.6 Å². The third-order valence-corrected chi connectivity index (χ3v) is 8.10. The standard InChI is InChI=1S/C35H37F3N4O5/c1-22-21-47-33(40-22)30-12-7-13-42(30)34(45)26-16-25(17-28(18-26)46-2)32(44)41-29(15-23-8-4-3-5-9-23)31(43)20-39-19-24-10-6-11-27(14-24)35(36,37)38/h3-6,8-11,14,16-18,21,29-31,39,43H,7,12-13,15,19-20H2,1-2H3,(H,41,44)/t29-,30+,31-/m0/s1. The lowest BCUT2D eigenvalue weighted by Crippen LogP contribution is -2.48. The second-order valence-corrected chi connectivity index (χ2v) is 11.6. The zero-order valence-electron chi connectivity index (χ0n) is 26.1. The molecular formula is C35H37F3N4O5. The van der Waals surface area contributed by atoms with Gasteiger partial charge < -0.3 is 29.8 Å². The third kappa shape index (κ3) is 8.57. The molecule has 1 aliphatic rings. The SMILES string of the molecule is COc1cc(C(=O)N[C@@H](Cc2ccccc2)[C@@H](O)CNCc2cccc(C(F)(F)F)c2)cc(C(=O)N2CCC[C@@H]2c2nc(C)co2)c1. The predicted molar refractivity (Wildman–Crippen MR) is 168 cm³/mol. The Labute approximate surface area is 270 Å². The molecule has 4 aromatic rings. The van der Waals surface area contributed by atoms with Gasteiger partial charge in [0.1, 0.15) is 18.1 Å². The average Bonchev–Trinajstić information content (AvgIpc) is 3.73. The summed E-state index contributed by atoms with van der Waals surface area (Å²) in [5.41, 5.74) is 1.65. The third-order valence-electron chi connectivity index (χ3n) is 8.10. The van der Waals surface area contributed by atoms with E-state index in [-0.39, 0.29) is 42.6 Å². The smallest absolute Gasteiger partial charge is 0.416 e. The minimum atomic E-state index is -4.46. The fourth-order valence-corrected chi connectivity index (χ4v) is 5.70. The zero-order valence-corrected chi connectivity index (χ0v) is 26.1. The molecule has 2 amide bonds. The fourth-order valence-electron chi connectivity index (χ4n) is 5.70. The molecule has 0 spiro atoms. The lowest BCUT2D eigenvalue weighted by atomic mass is 10.00. The largest absolute Gasteiger partial charge is 0.497 e. The van der Waals surface area contributed by atoms with E-state index in [1.807, 2.05) is 37.3 Å². The van der Waals surface area contributed by atoms with Crippen LogP contribution < -0.4 is 15.4 Å². The Kier molecular flexibility index (Phi) is 10.6. The lowest BCUT2D eigenvalue weighted by Gasteiger charge is -2.25. The highest BCUT2D eigenvalue weighted by Crippen LogP contribution is 2.33. The Morgan fingerprint density at radius 2 is 1.81 bits per heavy atom. The molecule has 1 aliphatic heterocycles. The van der Waals surface area contributed by atoms with Gasteiger partial charge in [-0.25, -0.2) is 4.98 Å². The van der Waals surface area contributed by atoms with Crippen LogP contribution in [0.5, 0.6) is 5.75 Å². The van der Waals surface area contributed by atoms with Gasteiger partial charge >= 0.3 is 6.18 Å². The maximum Gasteiger partial charge on any atom is 0.416 e. The van der Waals surface area contributed by atoms with Gasteiger partial charge in [-0.1, -0.05) is 48.5 Å². The summed E-state index contributed by atoms with van der Waals surface area (Å²) in [5.74, 6) is -0.0479. The van der Waals surface area contributed by atoms with Crippen LogP contribution in [0.3, 0.4) is 0 Å². The van der Waals surface area contributed by atoms with E-state index in [0.29, 0.717) is 30.2 Å². The maximum absolute atomic E-state index is 13.7. The van der Waals surface area contributed by atoms with Crippen molar-refractivity contribution < 1.29 is 37.0 Å². The van der Waals surface area contributed by atoms with Crippen LogP contribution in [-0.4, -0.2) is 59.1 Å². The monoisotopic (exact) mass is 650 g/mol. The van der Waals surface area contributed by atoms with E-state index < -0.39 is 29.8 Å². The topological polar surface area (TPSA) is 117 Å². The first-order valence-electron chi connectivity index (χ1n) is 15.3. The van der Waals surface area contributed by atoms with E-state index in [1.54, 1.807) is 23.3 Å². The Bertz CT molecular complexity index is 1680. The molecule has 3 atom stereocenters. The predicted octanol–water partition coefficient (Wildman–Crippen LogP) is 5.48. The Hall–Kier alpha value is -4.68. The number of aliphatic hydroxyl groups excluding tert-OH is 1. The summed E-state index contributed by atoms with van der Waals surface area (Å²) in [5, 5.41) is 17.1.